The summed E-state index contributed by atoms with van der Waals surface area (Å²) in [5, 5.41) is 20.3. The van der Waals surface area contributed by atoms with Crippen molar-refractivity contribution in [2.24, 2.45) is 23.2 Å². The van der Waals surface area contributed by atoms with Gasteiger partial charge in [0.25, 0.3) is 0 Å². The van der Waals surface area contributed by atoms with Gasteiger partial charge in [-0.05, 0) is 69.1 Å². The molecule has 2 aliphatic carbocycles. The summed E-state index contributed by atoms with van der Waals surface area (Å²) in [7, 11) is 0. The van der Waals surface area contributed by atoms with E-state index in [2.05, 4.69) is 13.8 Å². The third kappa shape index (κ3) is 4.01. The van der Waals surface area contributed by atoms with Crippen molar-refractivity contribution in [2.75, 3.05) is 0 Å². The summed E-state index contributed by atoms with van der Waals surface area (Å²) >= 11 is 0. The van der Waals surface area contributed by atoms with Crippen LogP contribution in [0.4, 0.5) is 0 Å². The average Bonchev–Trinajstić information content (AvgIpc) is 2.36. The zero-order valence-corrected chi connectivity index (χ0v) is 14.6. The summed E-state index contributed by atoms with van der Waals surface area (Å²) in [6.07, 6.45) is 10.5. The third-order valence-electron chi connectivity index (χ3n) is 6.54. The number of hydrogen-bond acceptors (Lipinski definition) is 2. The van der Waals surface area contributed by atoms with E-state index < -0.39 is 5.60 Å². The molecule has 2 heteroatoms. The van der Waals surface area contributed by atoms with Crippen LogP contribution in [-0.4, -0.2) is 21.9 Å². The fraction of sp³-hybridized carbons (Fsp3) is 1.00. The SMILES string of the molecule is C[C@H](CCCC(C)(C)O)[C@H]1CCC[C@H]2[C@@H](O)CCC[C@]12C. The van der Waals surface area contributed by atoms with Gasteiger partial charge in [0.2, 0.25) is 0 Å². The van der Waals surface area contributed by atoms with Crippen LogP contribution in [0, 0.1) is 23.2 Å². The van der Waals surface area contributed by atoms with Gasteiger partial charge < -0.3 is 10.2 Å². The van der Waals surface area contributed by atoms with E-state index in [0.717, 1.165) is 25.2 Å². The van der Waals surface area contributed by atoms with Crippen molar-refractivity contribution >= 4 is 0 Å². The monoisotopic (exact) mass is 296 g/mol. The summed E-state index contributed by atoms with van der Waals surface area (Å²) in [4.78, 5) is 0. The van der Waals surface area contributed by atoms with Gasteiger partial charge in [-0.15, -0.1) is 0 Å². The fourth-order valence-corrected chi connectivity index (χ4v) is 5.38. The summed E-state index contributed by atoms with van der Waals surface area (Å²) in [5.41, 5.74) is -0.177. The van der Waals surface area contributed by atoms with E-state index >= 15 is 0 Å². The van der Waals surface area contributed by atoms with E-state index in [1.165, 1.54) is 38.5 Å². The molecule has 0 unspecified atom stereocenters. The molecule has 0 aromatic heterocycles. The molecule has 0 heterocycles. The number of aliphatic hydroxyl groups excluding tert-OH is 1. The molecular weight excluding hydrogens is 260 g/mol. The zero-order chi connectivity index (χ0) is 15.7. The molecule has 0 bridgehead atoms. The summed E-state index contributed by atoms with van der Waals surface area (Å²) in [6, 6.07) is 0. The Morgan fingerprint density at radius 3 is 2.57 bits per heavy atom. The molecule has 0 aromatic carbocycles. The van der Waals surface area contributed by atoms with Crippen LogP contribution in [0.2, 0.25) is 0 Å². The normalized spacial score (nSPS) is 38.9. The van der Waals surface area contributed by atoms with Gasteiger partial charge in [-0.2, -0.15) is 0 Å². The van der Waals surface area contributed by atoms with Gasteiger partial charge in [0.1, 0.15) is 0 Å². The lowest BCUT2D eigenvalue weighted by Crippen LogP contribution is -2.49. The molecule has 2 saturated carbocycles. The number of fused-ring (bicyclic) bond motifs is 1. The lowest BCUT2D eigenvalue weighted by molar-refractivity contribution is -0.0930. The Bertz CT molecular complexity index is 333. The quantitative estimate of drug-likeness (QED) is 0.782. The predicted octanol–water partition coefficient (Wildman–Crippen LogP) is 4.53. The molecule has 2 rings (SSSR count). The first-order valence-corrected chi connectivity index (χ1v) is 9.14. The molecule has 124 valence electrons. The maximum Gasteiger partial charge on any atom is 0.0591 e. The maximum atomic E-state index is 10.4. The fourth-order valence-electron chi connectivity index (χ4n) is 5.38. The van der Waals surface area contributed by atoms with Gasteiger partial charge in [-0.3, -0.25) is 0 Å². The first-order valence-electron chi connectivity index (χ1n) is 9.14. The van der Waals surface area contributed by atoms with Crippen LogP contribution >= 0.6 is 0 Å². The first-order chi connectivity index (χ1) is 9.74. The Morgan fingerprint density at radius 2 is 1.90 bits per heavy atom. The van der Waals surface area contributed by atoms with Gasteiger partial charge in [-0.25, -0.2) is 0 Å². The zero-order valence-electron chi connectivity index (χ0n) is 14.6. The van der Waals surface area contributed by atoms with Crippen molar-refractivity contribution in [3.8, 4) is 0 Å². The summed E-state index contributed by atoms with van der Waals surface area (Å²) in [6.45, 7) is 8.68. The number of rotatable bonds is 5. The minimum Gasteiger partial charge on any atom is -0.393 e. The van der Waals surface area contributed by atoms with Crippen LogP contribution in [0.3, 0.4) is 0 Å². The van der Waals surface area contributed by atoms with Gasteiger partial charge in [0, 0.05) is 0 Å². The minimum absolute atomic E-state index is 0.0601. The van der Waals surface area contributed by atoms with Crippen molar-refractivity contribution < 1.29 is 10.2 Å². The van der Waals surface area contributed by atoms with Crippen molar-refractivity contribution in [2.45, 2.75) is 97.2 Å². The van der Waals surface area contributed by atoms with E-state index in [1.54, 1.807) is 0 Å². The lowest BCUT2D eigenvalue weighted by atomic mass is 9.52. The van der Waals surface area contributed by atoms with Crippen LogP contribution in [-0.2, 0) is 0 Å². The largest absolute Gasteiger partial charge is 0.393 e. The molecule has 0 aromatic rings. The van der Waals surface area contributed by atoms with Crippen LogP contribution in [0.15, 0.2) is 0 Å². The second kappa shape index (κ2) is 6.58. The Labute approximate surface area is 131 Å². The third-order valence-corrected chi connectivity index (χ3v) is 6.54. The highest BCUT2D eigenvalue weighted by Gasteiger charge is 2.49. The van der Waals surface area contributed by atoms with E-state index in [-0.39, 0.29) is 6.10 Å². The highest BCUT2D eigenvalue weighted by molar-refractivity contribution is 4.99. The molecule has 2 nitrogen and oxygen atoms in total. The van der Waals surface area contributed by atoms with Crippen LogP contribution < -0.4 is 0 Å². The van der Waals surface area contributed by atoms with Gasteiger partial charge >= 0.3 is 0 Å². The smallest absolute Gasteiger partial charge is 0.0591 e. The van der Waals surface area contributed by atoms with Crippen molar-refractivity contribution in [1.82, 2.24) is 0 Å². The van der Waals surface area contributed by atoms with Crippen LogP contribution in [0.5, 0.6) is 0 Å². The van der Waals surface area contributed by atoms with Gasteiger partial charge in [0.15, 0.2) is 0 Å². The van der Waals surface area contributed by atoms with Crippen molar-refractivity contribution in [3.63, 3.8) is 0 Å². The van der Waals surface area contributed by atoms with Gasteiger partial charge in [0.05, 0.1) is 11.7 Å². The molecular formula is C19H36O2. The molecule has 0 radical (unpaired) electrons. The molecule has 2 N–H and O–H groups in total. The second-order valence-corrected chi connectivity index (χ2v) is 8.79. The van der Waals surface area contributed by atoms with E-state index in [4.69, 9.17) is 0 Å². The molecule has 0 spiro atoms. The molecule has 21 heavy (non-hydrogen) atoms. The predicted molar refractivity (Wildman–Crippen MR) is 88.1 cm³/mol. The van der Waals surface area contributed by atoms with E-state index in [0.29, 0.717) is 17.3 Å². The summed E-state index contributed by atoms with van der Waals surface area (Å²) < 4.78 is 0. The highest BCUT2D eigenvalue weighted by Crippen LogP contribution is 2.56. The Balaban J connectivity index is 1.97. The number of hydrogen-bond donors (Lipinski definition) is 2. The topological polar surface area (TPSA) is 40.5 Å². The minimum atomic E-state index is -0.528. The molecule has 0 saturated heterocycles. The standard InChI is InChI=1S/C19H36O2/c1-14(8-6-12-18(2,3)21)15-9-5-10-16-17(20)11-7-13-19(15,16)4/h14-17,20-21H,5-13H2,1-4H3/t14-,15-,16+,17+,19-/m1/s1. The Kier molecular flexibility index (Phi) is 5.41. The average molecular weight is 296 g/mol. The summed E-state index contributed by atoms with van der Waals surface area (Å²) in [5.74, 6) is 2.00. The van der Waals surface area contributed by atoms with Crippen LogP contribution in [0.1, 0.15) is 85.5 Å². The van der Waals surface area contributed by atoms with E-state index in [1.807, 2.05) is 13.8 Å². The van der Waals surface area contributed by atoms with E-state index in [9.17, 15) is 10.2 Å². The van der Waals surface area contributed by atoms with Crippen LogP contribution in [0.25, 0.3) is 0 Å². The molecule has 5 atom stereocenters. The Morgan fingerprint density at radius 1 is 1.19 bits per heavy atom. The lowest BCUT2D eigenvalue weighted by Gasteiger charge is -2.54. The highest BCUT2D eigenvalue weighted by atomic mass is 16.3. The second-order valence-electron chi connectivity index (χ2n) is 8.79. The molecule has 2 aliphatic rings. The molecule has 0 aliphatic heterocycles. The first kappa shape index (κ1) is 17.3. The van der Waals surface area contributed by atoms with Gasteiger partial charge in [-0.1, -0.05) is 39.5 Å². The maximum absolute atomic E-state index is 10.4. The van der Waals surface area contributed by atoms with Crippen molar-refractivity contribution in [1.29, 1.82) is 0 Å². The number of aliphatic hydroxyl groups is 2. The van der Waals surface area contributed by atoms with Crippen molar-refractivity contribution in [3.05, 3.63) is 0 Å². The molecule has 2 fully saturated rings. The molecule has 0 amide bonds. The Hall–Kier alpha value is -0.0800.